The molecule has 0 amide bonds. The van der Waals surface area contributed by atoms with E-state index in [-0.39, 0.29) is 11.8 Å². The first-order chi connectivity index (χ1) is 9.21. The van der Waals surface area contributed by atoms with E-state index in [9.17, 15) is 4.79 Å². The molecule has 0 bridgehead atoms. The number of carbonyl (C=O) groups is 1. The molecule has 4 heteroatoms. The van der Waals surface area contributed by atoms with Crippen molar-refractivity contribution in [3.05, 3.63) is 29.8 Å². The average Bonchev–Trinajstić information content (AvgIpc) is 3.20. The molecule has 1 aromatic carbocycles. The van der Waals surface area contributed by atoms with E-state index in [1.165, 1.54) is 11.3 Å². The zero-order valence-corrected chi connectivity index (χ0v) is 11.0. The monoisotopic (exact) mass is 261 g/mol. The molecule has 1 saturated carbocycles. The Balaban J connectivity index is 1.91. The lowest BCUT2D eigenvalue weighted by Crippen LogP contribution is -2.37. The Hall–Kier alpha value is -1.55. The van der Waals surface area contributed by atoms with E-state index in [2.05, 4.69) is 17.0 Å². The highest BCUT2D eigenvalue weighted by Crippen LogP contribution is 2.53. The molecule has 0 atom stereocenters. The van der Waals surface area contributed by atoms with Crippen molar-refractivity contribution in [3.63, 3.8) is 0 Å². The van der Waals surface area contributed by atoms with Crippen LogP contribution in [-0.4, -0.2) is 37.4 Å². The lowest BCUT2D eigenvalue weighted by molar-refractivity contribution is -0.137. The van der Waals surface area contributed by atoms with Crippen LogP contribution in [0, 0.1) is 0 Å². The number of carboxylic acid groups (broad SMARTS) is 1. The summed E-state index contributed by atoms with van der Waals surface area (Å²) in [6.45, 7) is 3.28. The van der Waals surface area contributed by atoms with Crippen molar-refractivity contribution >= 4 is 11.7 Å². The number of aliphatic carboxylic acids is 1. The van der Waals surface area contributed by atoms with Gasteiger partial charge in [-0.05, 0) is 24.5 Å². The topological polar surface area (TPSA) is 49.8 Å². The van der Waals surface area contributed by atoms with Gasteiger partial charge in [0, 0.05) is 24.2 Å². The number of para-hydroxylation sites is 1. The molecular weight excluding hydrogens is 242 g/mol. The van der Waals surface area contributed by atoms with Crippen LogP contribution in [-0.2, 0) is 14.9 Å². The summed E-state index contributed by atoms with van der Waals surface area (Å²) in [5.74, 6) is -0.700. The van der Waals surface area contributed by atoms with Crippen molar-refractivity contribution < 1.29 is 14.6 Å². The van der Waals surface area contributed by atoms with Gasteiger partial charge in [-0.2, -0.15) is 0 Å². The third kappa shape index (κ3) is 2.45. The number of rotatable bonds is 4. The predicted octanol–water partition coefficient (Wildman–Crippen LogP) is 2.03. The zero-order valence-electron chi connectivity index (χ0n) is 11.0. The molecule has 2 aliphatic rings. The molecule has 3 rings (SSSR count). The number of carboxylic acids is 1. The Labute approximate surface area is 113 Å². The first kappa shape index (κ1) is 12.5. The van der Waals surface area contributed by atoms with Crippen LogP contribution in [0.4, 0.5) is 5.69 Å². The fraction of sp³-hybridized carbons (Fsp3) is 0.533. The lowest BCUT2D eigenvalue weighted by atomic mass is 9.90. The van der Waals surface area contributed by atoms with Crippen LogP contribution in [0.25, 0.3) is 0 Å². The van der Waals surface area contributed by atoms with Gasteiger partial charge in [-0.25, -0.2) is 0 Å². The number of morpholine rings is 1. The van der Waals surface area contributed by atoms with Gasteiger partial charge in [0.2, 0.25) is 0 Å². The molecule has 1 heterocycles. The van der Waals surface area contributed by atoms with Crippen LogP contribution in [0.1, 0.15) is 24.8 Å². The van der Waals surface area contributed by atoms with E-state index in [0.717, 1.165) is 39.1 Å². The molecule has 1 N–H and O–H groups in total. The maximum atomic E-state index is 11.1. The molecule has 0 unspecified atom stereocenters. The third-order valence-electron chi connectivity index (χ3n) is 4.17. The first-order valence-electron chi connectivity index (χ1n) is 6.85. The second kappa shape index (κ2) is 4.85. The first-order valence-corrected chi connectivity index (χ1v) is 6.85. The normalized spacial score (nSPS) is 21.2. The third-order valence-corrected chi connectivity index (χ3v) is 4.17. The van der Waals surface area contributed by atoms with Crippen LogP contribution >= 0.6 is 0 Å². The van der Waals surface area contributed by atoms with Crippen LogP contribution in [0.3, 0.4) is 0 Å². The largest absolute Gasteiger partial charge is 0.481 e. The fourth-order valence-electron chi connectivity index (χ4n) is 2.98. The lowest BCUT2D eigenvalue weighted by Gasteiger charge is -2.32. The fourth-order valence-corrected chi connectivity index (χ4v) is 2.98. The Kier molecular flexibility index (Phi) is 3.19. The molecule has 2 fully saturated rings. The summed E-state index contributed by atoms with van der Waals surface area (Å²) in [5, 5.41) is 9.12. The minimum absolute atomic E-state index is 0.124. The Bertz CT molecular complexity index is 476. The summed E-state index contributed by atoms with van der Waals surface area (Å²) in [7, 11) is 0. The summed E-state index contributed by atoms with van der Waals surface area (Å²) >= 11 is 0. The molecule has 102 valence electrons. The van der Waals surface area contributed by atoms with E-state index < -0.39 is 5.97 Å². The van der Waals surface area contributed by atoms with Gasteiger partial charge in [-0.15, -0.1) is 0 Å². The van der Waals surface area contributed by atoms with Crippen molar-refractivity contribution in [1.82, 2.24) is 0 Å². The van der Waals surface area contributed by atoms with Crippen LogP contribution in [0.2, 0.25) is 0 Å². The smallest absolute Gasteiger partial charge is 0.304 e. The maximum absolute atomic E-state index is 11.1. The van der Waals surface area contributed by atoms with Crippen LogP contribution < -0.4 is 4.90 Å². The molecular formula is C15H19NO3. The SMILES string of the molecule is O=C(O)CC1(c2ccccc2N2CCOCC2)CC1. The minimum atomic E-state index is -0.700. The summed E-state index contributed by atoms with van der Waals surface area (Å²) in [4.78, 5) is 13.4. The number of benzene rings is 1. The molecule has 0 spiro atoms. The maximum Gasteiger partial charge on any atom is 0.304 e. The van der Waals surface area contributed by atoms with Gasteiger partial charge in [0.05, 0.1) is 19.6 Å². The number of nitrogens with zero attached hydrogens (tertiary/aromatic N) is 1. The molecule has 1 saturated heterocycles. The number of hydrogen-bond donors (Lipinski definition) is 1. The highest BCUT2D eigenvalue weighted by atomic mass is 16.5. The van der Waals surface area contributed by atoms with Gasteiger partial charge in [0.15, 0.2) is 0 Å². The van der Waals surface area contributed by atoms with Gasteiger partial charge >= 0.3 is 5.97 Å². The van der Waals surface area contributed by atoms with Gasteiger partial charge < -0.3 is 14.7 Å². The molecule has 1 aliphatic heterocycles. The number of ether oxygens (including phenoxy) is 1. The van der Waals surface area contributed by atoms with Crippen molar-refractivity contribution in [2.45, 2.75) is 24.7 Å². The van der Waals surface area contributed by atoms with E-state index in [1.54, 1.807) is 0 Å². The summed E-state index contributed by atoms with van der Waals surface area (Å²) in [6.07, 6.45) is 2.22. The van der Waals surface area contributed by atoms with Crippen molar-refractivity contribution in [2.24, 2.45) is 0 Å². The second-order valence-electron chi connectivity index (χ2n) is 5.47. The van der Waals surface area contributed by atoms with Crippen molar-refractivity contribution in [1.29, 1.82) is 0 Å². The highest BCUT2D eigenvalue weighted by Gasteiger charge is 2.47. The van der Waals surface area contributed by atoms with Gasteiger partial charge in [-0.3, -0.25) is 4.79 Å². The molecule has 1 aromatic rings. The van der Waals surface area contributed by atoms with Crippen molar-refractivity contribution in [3.8, 4) is 0 Å². The van der Waals surface area contributed by atoms with Crippen LogP contribution in [0.5, 0.6) is 0 Å². The highest BCUT2D eigenvalue weighted by molar-refractivity contribution is 5.72. The van der Waals surface area contributed by atoms with Gasteiger partial charge in [0.25, 0.3) is 0 Å². The summed E-state index contributed by atoms with van der Waals surface area (Å²) in [5.41, 5.74) is 2.28. The molecule has 4 nitrogen and oxygen atoms in total. The van der Waals surface area contributed by atoms with E-state index in [1.807, 2.05) is 12.1 Å². The van der Waals surface area contributed by atoms with E-state index in [4.69, 9.17) is 9.84 Å². The van der Waals surface area contributed by atoms with E-state index >= 15 is 0 Å². The molecule has 1 aliphatic carbocycles. The van der Waals surface area contributed by atoms with Crippen molar-refractivity contribution in [2.75, 3.05) is 31.2 Å². The van der Waals surface area contributed by atoms with Crippen LogP contribution in [0.15, 0.2) is 24.3 Å². The van der Waals surface area contributed by atoms with E-state index in [0.29, 0.717) is 0 Å². The Morgan fingerprint density at radius 2 is 1.95 bits per heavy atom. The minimum Gasteiger partial charge on any atom is -0.481 e. The quantitative estimate of drug-likeness (QED) is 0.901. The molecule has 0 radical (unpaired) electrons. The Morgan fingerprint density at radius 1 is 1.26 bits per heavy atom. The predicted molar refractivity (Wildman–Crippen MR) is 72.6 cm³/mol. The standard InChI is InChI=1S/C15H19NO3/c17-14(18)11-15(5-6-15)12-3-1-2-4-13(12)16-7-9-19-10-8-16/h1-4H,5-11H2,(H,17,18). The zero-order chi connectivity index (χ0) is 13.3. The molecule has 0 aromatic heterocycles. The Morgan fingerprint density at radius 3 is 2.58 bits per heavy atom. The number of anilines is 1. The second-order valence-corrected chi connectivity index (χ2v) is 5.47. The van der Waals surface area contributed by atoms with Gasteiger partial charge in [-0.1, -0.05) is 18.2 Å². The summed E-state index contributed by atoms with van der Waals surface area (Å²) in [6, 6.07) is 8.26. The average molecular weight is 261 g/mol. The van der Waals surface area contributed by atoms with Gasteiger partial charge in [0.1, 0.15) is 0 Å². The number of hydrogen-bond acceptors (Lipinski definition) is 3. The molecule has 19 heavy (non-hydrogen) atoms. The summed E-state index contributed by atoms with van der Waals surface area (Å²) < 4.78 is 5.39.